The fourth-order valence-corrected chi connectivity index (χ4v) is 1.33. The van der Waals surface area contributed by atoms with Gasteiger partial charge in [-0.1, -0.05) is 23.4 Å². The van der Waals surface area contributed by atoms with E-state index in [1.165, 1.54) is 0 Å². The van der Waals surface area contributed by atoms with E-state index in [1.807, 2.05) is 6.07 Å². The van der Waals surface area contributed by atoms with E-state index in [9.17, 15) is 0 Å². The maximum Gasteiger partial charge on any atom is 0.137 e. The molecule has 2 nitrogen and oxygen atoms in total. The van der Waals surface area contributed by atoms with Gasteiger partial charge in [-0.05, 0) is 24.6 Å². The normalized spacial score (nSPS) is 9.27. The van der Waals surface area contributed by atoms with Crippen molar-refractivity contribution < 1.29 is 9.84 Å². The minimum Gasteiger partial charge on any atom is -0.495 e. The third kappa shape index (κ3) is 3.83. The molecule has 1 aromatic rings. The molecule has 0 atom stereocenters. The molecule has 0 fully saturated rings. The first-order chi connectivity index (χ1) is 7.27. The summed E-state index contributed by atoms with van der Waals surface area (Å²) in [5.41, 5.74) is 0.860. The van der Waals surface area contributed by atoms with E-state index < -0.39 is 0 Å². The van der Waals surface area contributed by atoms with Crippen LogP contribution < -0.4 is 4.74 Å². The van der Waals surface area contributed by atoms with Gasteiger partial charge in [0.05, 0.1) is 12.1 Å². The predicted molar refractivity (Wildman–Crippen MR) is 61.2 cm³/mol. The molecule has 0 heterocycles. The number of rotatable bonds is 3. The number of unbranched alkanes of at least 4 members (excludes halogenated alkanes) is 1. The molecule has 0 spiro atoms. The van der Waals surface area contributed by atoms with Crippen LogP contribution in [0.1, 0.15) is 18.4 Å². The summed E-state index contributed by atoms with van der Waals surface area (Å²) in [7, 11) is 1.58. The van der Waals surface area contributed by atoms with E-state index in [-0.39, 0.29) is 6.61 Å². The Morgan fingerprint density at radius 3 is 2.87 bits per heavy atom. The molecule has 3 heteroatoms. The summed E-state index contributed by atoms with van der Waals surface area (Å²) >= 11 is 5.94. The number of hydrogen-bond donors (Lipinski definition) is 1. The molecule has 0 saturated carbocycles. The fourth-order valence-electron chi connectivity index (χ4n) is 1.08. The summed E-state index contributed by atoms with van der Waals surface area (Å²) in [4.78, 5) is 0. The zero-order valence-corrected chi connectivity index (χ0v) is 9.34. The van der Waals surface area contributed by atoms with Crippen molar-refractivity contribution in [3.63, 3.8) is 0 Å². The van der Waals surface area contributed by atoms with Crippen LogP contribution in [-0.4, -0.2) is 18.8 Å². The molecule has 0 bridgehead atoms. The third-order valence-corrected chi connectivity index (χ3v) is 2.14. The van der Waals surface area contributed by atoms with Crippen molar-refractivity contribution in [2.75, 3.05) is 13.7 Å². The van der Waals surface area contributed by atoms with Gasteiger partial charge < -0.3 is 9.84 Å². The Labute approximate surface area is 94.8 Å². The van der Waals surface area contributed by atoms with Crippen LogP contribution in [0.5, 0.6) is 5.75 Å². The standard InChI is InChI=1S/C12H13ClO2/c1-15-12-7-6-10(9-11(12)13)5-3-2-4-8-14/h6-7,9,14H,2,4,8H2,1H3. The smallest absolute Gasteiger partial charge is 0.137 e. The van der Waals surface area contributed by atoms with Gasteiger partial charge in [0.25, 0.3) is 0 Å². The quantitative estimate of drug-likeness (QED) is 0.632. The number of halogens is 1. The summed E-state index contributed by atoms with van der Waals surface area (Å²) in [6.45, 7) is 0.179. The van der Waals surface area contributed by atoms with Crippen molar-refractivity contribution in [2.45, 2.75) is 12.8 Å². The molecular formula is C12H13ClO2. The minimum absolute atomic E-state index is 0.179. The number of benzene rings is 1. The number of methoxy groups -OCH3 is 1. The second-order valence-electron chi connectivity index (χ2n) is 2.98. The predicted octanol–water partition coefficient (Wildman–Crippen LogP) is 2.47. The Hall–Kier alpha value is -1.17. The monoisotopic (exact) mass is 224 g/mol. The molecule has 0 amide bonds. The lowest BCUT2D eigenvalue weighted by atomic mass is 10.2. The first kappa shape index (κ1) is 11.9. The molecule has 1 aromatic carbocycles. The Morgan fingerprint density at radius 2 is 2.27 bits per heavy atom. The highest BCUT2D eigenvalue weighted by atomic mass is 35.5. The van der Waals surface area contributed by atoms with Crippen LogP contribution in [0, 0.1) is 11.8 Å². The van der Waals surface area contributed by atoms with Crippen LogP contribution >= 0.6 is 11.6 Å². The molecule has 0 aliphatic carbocycles. The van der Waals surface area contributed by atoms with Crippen LogP contribution in [0.2, 0.25) is 5.02 Å². The topological polar surface area (TPSA) is 29.5 Å². The van der Waals surface area contributed by atoms with E-state index in [0.717, 1.165) is 5.56 Å². The van der Waals surface area contributed by atoms with Crippen LogP contribution in [0.15, 0.2) is 18.2 Å². The maximum absolute atomic E-state index is 8.57. The van der Waals surface area contributed by atoms with Gasteiger partial charge >= 0.3 is 0 Å². The van der Waals surface area contributed by atoms with Crippen molar-refractivity contribution in [1.29, 1.82) is 0 Å². The van der Waals surface area contributed by atoms with Crippen LogP contribution in [0.3, 0.4) is 0 Å². The maximum atomic E-state index is 8.57. The summed E-state index contributed by atoms with van der Waals surface area (Å²) in [6, 6.07) is 5.42. The van der Waals surface area contributed by atoms with E-state index >= 15 is 0 Å². The highest BCUT2D eigenvalue weighted by Crippen LogP contribution is 2.24. The molecule has 0 aromatic heterocycles. The lowest BCUT2D eigenvalue weighted by molar-refractivity contribution is 0.290. The minimum atomic E-state index is 0.179. The average molecular weight is 225 g/mol. The number of aliphatic hydroxyl groups is 1. The molecule has 0 aliphatic heterocycles. The zero-order chi connectivity index (χ0) is 11.1. The summed E-state index contributed by atoms with van der Waals surface area (Å²) in [5, 5.41) is 9.13. The molecule has 0 unspecified atom stereocenters. The Kier molecular flexibility index (Phi) is 5.03. The molecule has 1 rings (SSSR count). The fraction of sp³-hybridized carbons (Fsp3) is 0.333. The van der Waals surface area contributed by atoms with E-state index in [4.69, 9.17) is 21.4 Å². The molecule has 0 saturated heterocycles. The molecule has 0 radical (unpaired) electrons. The van der Waals surface area contributed by atoms with Gasteiger partial charge in [-0.2, -0.15) is 0 Å². The van der Waals surface area contributed by atoms with Crippen molar-refractivity contribution in [2.24, 2.45) is 0 Å². The van der Waals surface area contributed by atoms with Gasteiger partial charge in [0.1, 0.15) is 5.75 Å². The molecule has 0 aliphatic rings. The summed E-state index contributed by atoms with van der Waals surface area (Å²) in [5.74, 6) is 6.58. The second kappa shape index (κ2) is 6.34. The van der Waals surface area contributed by atoms with Crippen LogP contribution in [-0.2, 0) is 0 Å². The summed E-state index contributed by atoms with van der Waals surface area (Å²) in [6.07, 6.45) is 1.40. The van der Waals surface area contributed by atoms with Gasteiger partial charge in [-0.3, -0.25) is 0 Å². The van der Waals surface area contributed by atoms with E-state index in [1.54, 1.807) is 19.2 Å². The second-order valence-corrected chi connectivity index (χ2v) is 3.39. The molecule has 1 N–H and O–H groups in total. The van der Waals surface area contributed by atoms with Gasteiger partial charge in [0.2, 0.25) is 0 Å². The molecule has 80 valence electrons. The van der Waals surface area contributed by atoms with Gasteiger partial charge in [0.15, 0.2) is 0 Å². The van der Waals surface area contributed by atoms with Crippen LogP contribution in [0.25, 0.3) is 0 Å². The number of hydrogen-bond acceptors (Lipinski definition) is 2. The first-order valence-electron chi connectivity index (χ1n) is 4.71. The number of ether oxygens (including phenoxy) is 1. The lowest BCUT2D eigenvalue weighted by Crippen LogP contribution is -1.84. The Morgan fingerprint density at radius 1 is 1.47 bits per heavy atom. The van der Waals surface area contributed by atoms with Gasteiger partial charge in [-0.15, -0.1) is 0 Å². The van der Waals surface area contributed by atoms with Crippen molar-refractivity contribution in [3.05, 3.63) is 28.8 Å². The number of aliphatic hydroxyl groups excluding tert-OH is 1. The van der Waals surface area contributed by atoms with Crippen LogP contribution in [0.4, 0.5) is 0 Å². The highest BCUT2D eigenvalue weighted by molar-refractivity contribution is 6.32. The van der Waals surface area contributed by atoms with Crippen molar-refractivity contribution in [1.82, 2.24) is 0 Å². The van der Waals surface area contributed by atoms with Gasteiger partial charge in [0, 0.05) is 18.6 Å². The van der Waals surface area contributed by atoms with Crippen molar-refractivity contribution >= 4 is 11.6 Å². The SMILES string of the molecule is COc1ccc(C#CCCCO)cc1Cl. The Balaban J connectivity index is 2.69. The highest BCUT2D eigenvalue weighted by Gasteiger charge is 1.99. The lowest BCUT2D eigenvalue weighted by Gasteiger charge is -2.01. The van der Waals surface area contributed by atoms with Gasteiger partial charge in [-0.25, -0.2) is 0 Å². The largest absolute Gasteiger partial charge is 0.495 e. The zero-order valence-electron chi connectivity index (χ0n) is 8.59. The molecule has 15 heavy (non-hydrogen) atoms. The van der Waals surface area contributed by atoms with Crippen molar-refractivity contribution in [3.8, 4) is 17.6 Å². The average Bonchev–Trinajstić information content (AvgIpc) is 2.25. The summed E-state index contributed by atoms with van der Waals surface area (Å²) < 4.78 is 5.03. The third-order valence-electron chi connectivity index (χ3n) is 1.84. The van der Waals surface area contributed by atoms with E-state index in [0.29, 0.717) is 23.6 Å². The Bertz CT molecular complexity index is 377. The van der Waals surface area contributed by atoms with E-state index in [2.05, 4.69) is 11.8 Å². The molecular weight excluding hydrogens is 212 g/mol. The first-order valence-corrected chi connectivity index (χ1v) is 5.09.